The van der Waals surface area contributed by atoms with Gasteiger partial charge < -0.3 is 14.7 Å². The number of carbonyl (C=O) groups is 2. The number of amides is 1. The summed E-state index contributed by atoms with van der Waals surface area (Å²) in [4.78, 5) is 26.8. The number of rotatable bonds is 3. The van der Waals surface area contributed by atoms with Crippen LogP contribution in [0.2, 0.25) is 0 Å². The summed E-state index contributed by atoms with van der Waals surface area (Å²) >= 11 is 0. The Bertz CT molecular complexity index is 772. The van der Waals surface area contributed by atoms with Gasteiger partial charge in [-0.3, -0.25) is 9.59 Å². The maximum absolute atomic E-state index is 12.8. The Morgan fingerprint density at radius 1 is 1.17 bits per heavy atom. The van der Waals surface area contributed by atoms with Crippen molar-refractivity contribution in [3.05, 3.63) is 59.7 Å². The first-order valence-corrected chi connectivity index (χ1v) is 7.25. The van der Waals surface area contributed by atoms with Crippen LogP contribution in [0.5, 0.6) is 5.75 Å². The zero-order valence-corrected chi connectivity index (χ0v) is 12.9. The van der Waals surface area contributed by atoms with Gasteiger partial charge in [-0.15, -0.1) is 0 Å². The molecule has 0 bridgehead atoms. The van der Waals surface area contributed by atoms with Crippen molar-refractivity contribution < 1.29 is 19.4 Å². The Balaban J connectivity index is 1.98. The van der Waals surface area contributed by atoms with E-state index in [1.807, 2.05) is 6.07 Å². The van der Waals surface area contributed by atoms with Gasteiger partial charge in [-0.1, -0.05) is 30.3 Å². The molecule has 0 radical (unpaired) electrons. The molecule has 5 heteroatoms. The Labute approximate surface area is 134 Å². The van der Waals surface area contributed by atoms with Crippen molar-refractivity contribution in [3.63, 3.8) is 0 Å². The number of fused-ring (bicyclic) bond motifs is 1. The molecule has 0 fully saturated rings. The minimum Gasteiger partial charge on any atom is -0.496 e. The highest BCUT2D eigenvalue weighted by Crippen LogP contribution is 2.37. The molecule has 0 aliphatic heterocycles. The first-order chi connectivity index (χ1) is 11.0. The summed E-state index contributed by atoms with van der Waals surface area (Å²) in [5.74, 6) is -0.886. The molecule has 0 saturated carbocycles. The minimum atomic E-state index is -2.10. The maximum Gasteiger partial charge on any atom is 0.267 e. The SMILES string of the molecule is COc1cccc2c1C(=O)C(O)(C(=O)N(C)c1ccccc1)C2. The van der Waals surface area contributed by atoms with E-state index >= 15 is 0 Å². The largest absolute Gasteiger partial charge is 0.496 e. The summed E-state index contributed by atoms with van der Waals surface area (Å²) in [6, 6.07) is 14.0. The number of benzene rings is 2. The van der Waals surface area contributed by atoms with Crippen LogP contribution >= 0.6 is 0 Å². The molecule has 0 heterocycles. The van der Waals surface area contributed by atoms with Gasteiger partial charge in [0.2, 0.25) is 11.4 Å². The highest BCUT2D eigenvalue weighted by molar-refractivity contribution is 6.24. The van der Waals surface area contributed by atoms with Gasteiger partial charge in [0.15, 0.2) is 0 Å². The number of Topliss-reactive ketones (excluding diaryl/α,β-unsaturated/α-hetero) is 1. The number of ether oxygens (including phenoxy) is 1. The fraction of sp³-hybridized carbons (Fsp3) is 0.222. The van der Waals surface area contributed by atoms with Crippen molar-refractivity contribution in [1.82, 2.24) is 0 Å². The summed E-state index contributed by atoms with van der Waals surface area (Å²) in [5.41, 5.74) is -0.581. The first-order valence-electron chi connectivity index (χ1n) is 7.25. The monoisotopic (exact) mass is 311 g/mol. The lowest BCUT2D eigenvalue weighted by Crippen LogP contribution is -2.52. The van der Waals surface area contributed by atoms with Crippen molar-refractivity contribution in [2.24, 2.45) is 0 Å². The van der Waals surface area contributed by atoms with Crippen LogP contribution in [0.3, 0.4) is 0 Å². The number of hydrogen-bond acceptors (Lipinski definition) is 4. The molecule has 118 valence electrons. The lowest BCUT2D eigenvalue weighted by atomic mass is 9.97. The van der Waals surface area contributed by atoms with Gasteiger partial charge in [0, 0.05) is 19.2 Å². The van der Waals surface area contributed by atoms with Gasteiger partial charge >= 0.3 is 0 Å². The van der Waals surface area contributed by atoms with E-state index in [0.29, 0.717) is 17.0 Å². The molecule has 2 aromatic rings. The predicted molar refractivity (Wildman–Crippen MR) is 85.8 cm³/mol. The van der Waals surface area contributed by atoms with Crippen LogP contribution in [0.4, 0.5) is 5.69 Å². The molecule has 0 aromatic heterocycles. The molecule has 5 nitrogen and oxygen atoms in total. The Hall–Kier alpha value is -2.66. The minimum absolute atomic E-state index is 0.0472. The van der Waals surface area contributed by atoms with E-state index in [-0.39, 0.29) is 12.0 Å². The second-order valence-corrected chi connectivity index (χ2v) is 5.56. The number of aliphatic hydroxyl groups is 1. The molecule has 1 unspecified atom stereocenters. The van der Waals surface area contributed by atoms with Crippen LogP contribution < -0.4 is 9.64 Å². The number of ketones is 1. The van der Waals surface area contributed by atoms with Crippen molar-refractivity contribution in [2.45, 2.75) is 12.0 Å². The summed E-state index contributed by atoms with van der Waals surface area (Å²) in [5, 5.41) is 10.8. The average molecular weight is 311 g/mol. The fourth-order valence-corrected chi connectivity index (χ4v) is 2.93. The van der Waals surface area contributed by atoms with E-state index < -0.39 is 17.3 Å². The second kappa shape index (κ2) is 5.52. The zero-order valence-electron chi connectivity index (χ0n) is 12.9. The average Bonchev–Trinajstić information content (AvgIpc) is 2.86. The third-order valence-corrected chi connectivity index (χ3v) is 4.18. The molecule has 0 spiro atoms. The number of anilines is 1. The normalized spacial score (nSPS) is 19.3. The molecule has 1 amide bonds. The van der Waals surface area contributed by atoms with Gasteiger partial charge in [-0.2, -0.15) is 0 Å². The first kappa shape index (κ1) is 15.2. The number of nitrogens with zero attached hydrogens (tertiary/aromatic N) is 1. The zero-order chi connectivity index (χ0) is 16.6. The van der Waals surface area contributed by atoms with Gasteiger partial charge in [0.1, 0.15) is 5.75 Å². The predicted octanol–water partition coefficient (Wildman–Crippen LogP) is 1.83. The van der Waals surface area contributed by atoms with Crippen LogP contribution in [-0.4, -0.2) is 36.6 Å². The molecule has 0 saturated heterocycles. The molecule has 1 aliphatic carbocycles. The van der Waals surface area contributed by atoms with Crippen LogP contribution in [0.1, 0.15) is 15.9 Å². The van der Waals surface area contributed by atoms with Crippen LogP contribution in [0.15, 0.2) is 48.5 Å². The Kier molecular flexibility index (Phi) is 3.66. The summed E-state index contributed by atoms with van der Waals surface area (Å²) < 4.78 is 5.19. The smallest absolute Gasteiger partial charge is 0.267 e. The number of carbonyl (C=O) groups excluding carboxylic acids is 2. The third kappa shape index (κ3) is 2.29. The molecule has 3 rings (SSSR count). The molecule has 1 N–H and O–H groups in total. The van der Waals surface area contributed by atoms with Crippen LogP contribution in [0, 0.1) is 0 Å². The van der Waals surface area contributed by atoms with Crippen LogP contribution in [0.25, 0.3) is 0 Å². The van der Waals surface area contributed by atoms with Crippen molar-refractivity contribution in [2.75, 3.05) is 19.1 Å². The van der Waals surface area contributed by atoms with E-state index in [4.69, 9.17) is 4.74 Å². The molecule has 1 atom stereocenters. The molecular formula is C18H17NO4. The van der Waals surface area contributed by atoms with E-state index in [9.17, 15) is 14.7 Å². The highest BCUT2D eigenvalue weighted by atomic mass is 16.5. The number of likely N-dealkylation sites (N-methyl/N-ethyl adjacent to an activating group) is 1. The van der Waals surface area contributed by atoms with Crippen molar-refractivity contribution >= 4 is 17.4 Å². The molecular weight excluding hydrogens is 294 g/mol. The standard InChI is InChI=1S/C18H17NO4/c1-19(13-8-4-3-5-9-13)17(21)18(22)11-12-7-6-10-14(23-2)15(12)16(18)20/h3-10,22H,11H2,1-2H3. The van der Waals surface area contributed by atoms with E-state index in [2.05, 4.69) is 0 Å². The third-order valence-electron chi connectivity index (χ3n) is 4.18. The van der Waals surface area contributed by atoms with E-state index in [0.717, 1.165) is 0 Å². The van der Waals surface area contributed by atoms with Gasteiger partial charge in [0.05, 0.1) is 12.7 Å². The van der Waals surface area contributed by atoms with Crippen LogP contribution in [-0.2, 0) is 11.2 Å². The summed E-state index contributed by atoms with van der Waals surface area (Å²) in [6.07, 6.45) is -0.0472. The van der Waals surface area contributed by atoms with Crippen molar-refractivity contribution in [1.29, 1.82) is 0 Å². The topological polar surface area (TPSA) is 66.8 Å². The number of para-hydroxylation sites is 1. The summed E-state index contributed by atoms with van der Waals surface area (Å²) in [7, 11) is 3.00. The number of methoxy groups -OCH3 is 1. The maximum atomic E-state index is 12.8. The fourth-order valence-electron chi connectivity index (χ4n) is 2.93. The Morgan fingerprint density at radius 2 is 1.87 bits per heavy atom. The van der Waals surface area contributed by atoms with E-state index in [1.54, 1.807) is 49.5 Å². The van der Waals surface area contributed by atoms with Gasteiger partial charge in [-0.05, 0) is 23.8 Å². The number of hydrogen-bond donors (Lipinski definition) is 1. The Morgan fingerprint density at radius 3 is 2.52 bits per heavy atom. The van der Waals surface area contributed by atoms with Gasteiger partial charge in [-0.25, -0.2) is 0 Å². The lowest BCUT2D eigenvalue weighted by Gasteiger charge is -2.26. The lowest BCUT2D eigenvalue weighted by molar-refractivity contribution is -0.131. The molecule has 23 heavy (non-hydrogen) atoms. The van der Waals surface area contributed by atoms with E-state index in [1.165, 1.54) is 12.0 Å². The van der Waals surface area contributed by atoms with Gasteiger partial charge in [0.25, 0.3) is 5.91 Å². The van der Waals surface area contributed by atoms with Crippen molar-refractivity contribution in [3.8, 4) is 5.75 Å². The quantitative estimate of drug-likeness (QED) is 0.878. The second-order valence-electron chi connectivity index (χ2n) is 5.56. The molecule has 1 aliphatic rings. The molecule has 2 aromatic carbocycles. The highest BCUT2D eigenvalue weighted by Gasteiger charge is 2.52. The summed E-state index contributed by atoms with van der Waals surface area (Å²) in [6.45, 7) is 0.